The Balaban J connectivity index is 1.39. The molecule has 2 aromatic carbocycles. The molecule has 0 aliphatic carbocycles. The number of ether oxygens (including phenoxy) is 1. The standard InChI is InChI=1S/C21H18N2O5/c1-13-6-8-15(9-7-13)22-11-14(10-18(22)24)21(27)28-12-23-19(25)16-4-2-3-5-17(16)20(23)26/h2-9,14H,10-12H2,1H3/t14-/m0/s1. The highest BCUT2D eigenvalue weighted by Crippen LogP contribution is 2.27. The molecule has 0 aromatic heterocycles. The van der Waals surface area contributed by atoms with Crippen molar-refractivity contribution in [3.05, 3.63) is 65.2 Å². The van der Waals surface area contributed by atoms with E-state index < -0.39 is 30.4 Å². The van der Waals surface area contributed by atoms with Crippen molar-refractivity contribution in [2.24, 2.45) is 5.92 Å². The second-order valence-corrected chi connectivity index (χ2v) is 6.92. The topological polar surface area (TPSA) is 84.0 Å². The molecule has 1 saturated heterocycles. The number of anilines is 1. The third kappa shape index (κ3) is 3.05. The maximum Gasteiger partial charge on any atom is 0.313 e. The average molecular weight is 378 g/mol. The molecule has 0 spiro atoms. The Morgan fingerprint density at radius 1 is 1.00 bits per heavy atom. The highest BCUT2D eigenvalue weighted by atomic mass is 16.5. The molecule has 142 valence electrons. The Morgan fingerprint density at radius 3 is 2.21 bits per heavy atom. The van der Waals surface area contributed by atoms with Gasteiger partial charge < -0.3 is 9.64 Å². The molecule has 2 aromatic rings. The summed E-state index contributed by atoms with van der Waals surface area (Å²) < 4.78 is 5.20. The first-order valence-corrected chi connectivity index (χ1v) is 8.94. The number of fused-ring (bicyclic) bond motifs is 1. The lowest BCUT2D eigenvalue weighted by Gasteiger charge is -2.18. The molecule has 2 heterocycles. The summed E-state index contributed by atoms with van der Waals surface area (Å²) in [5.74, 6) is -2.37. The zero-order valence-corrected chi connectivity index (χ0v) is 15.3. The van der Waals surface area contributed by atoms with Crippen LogP contribution in [0.15, 0.2) is 48.5 Å². The summed E-state index contributed by atoms with van der Waals surface area (Å²) in [6, 6.07) is 13.9. The number of hydrogen-bond donors (Lipinski definition) is 0. The van der Waals surface area contributed by atoms with Crippen molar-refractivity contribution in [1.29, 1.82) is 0 Å². The summed E-state index contributed by atoms with van der Waals surface area (Å²) in [4.78, 5) is 51.8. The van der Waals surface area contributed by atoms with Crippen molar-refractivity contribution in [2.75, 3.05) is 18.2 Å². The molecule has 0 radical (unpaired) electrons. The van der Waals surface area contributed by atoms with Gasteiger partial charge in [-0.05, 0) is 31.2 Å². The Kier molecular flexibility index (Phi) is 4.43. The number of carbonyl (C=O) groups is 4. The van der Waals surface area contributed by atoms with Gasteiger partial charge in [0, 0.05) is 18.7 Å². The lowest BCUT2D eigenvalue weighted by molar-refractivity contribution is -0.151. The number of benzene rings is 2. The van der Waals surface area contributed by atoms with Crippen LogP contribution in [-0.4, -0.2) is 41.9 Å². The van der Waals surface area contributed by atoms with E-state index in [2.05, 4.69) is 0 Å². The van der Waals surface area contributed by atoms with E-state index in [1.165, 1.54) is 0 Å². The number of nitrogens with zero attached hydrogens (tertiary/aromatic N) is 2. The number of aryl methyl sites for hydroxylation is 1. The predicted molar refractivity (Wildman–Crippen MR) is 99.5 cm³/mol. The first-order chi connectivity index (χ1) is 13.5. The third-order valence-corrected chi connectivity index (χ3v) is 5.02. The number of esters is 1. The molecule has 1 fully saturated rings. The number of rotatable bonds is 4. The lowest BCUT2D eigenvalue weighted by atomic mass is 10.1. The van der Waals surface area contributed by atoms with E-state index in [-0.39, 0.29) is 18.9 Å². The summed E-state index contributed by atoms with van der Waals surface area (Å²) in [6.07, 6.45) is 0.0365. The van der Waals surface area contributed by atoms with Gasteiger partial charge in [-0.1, -0.05) is 29.8 Å². The number of carbonyl (C=O) groups excluding carboxylic acids is 4. The average Bonchev–Trinajstić information content (AvgIpc) is 3.20. The zero-order valence-electron chi connectivity index (χ0n) is 15.3. The molecule has 0 N–H and O–H groups in total. The van der Waals surface area contributed by atoms with Crippen molar-refractivity contribution in [1.82, 2.24) is 4.90 Å². The van der Waals surface area contributed by atoms with Gasteiger partial charge in [0.05, 0.1) is 17.0 Å². The lowest BCUT2D eigenvalue weighted by Crippen LogP contribution is -2.35. The second kappa shape index (κ2) is 6.92. The molecule has 28 heavy (non-hydrogen) atoms. The summed E-state index contributed by atoms with van der Waals surface area (Å²) in [6.45, 7) is 1.71. The molecule has 3 amide bonds. The first-order valence-electron chi connectivity index (χ1n) is 8.94. The van der Waals surface area contributed by atoms with Crippen LogP contribution in [0.2, 0.25) is 0 Å². The third-order valence-electron chi connectivity index (χ3n) is 5.02. The second-order valence-electron chi connectivity index (χ2n) is 6.92. The fourth-order valence-corrected chi connectivity index (χ4v) is 3.44. The number of amides is 3. The van der Waals surface area contributed by atoms with Gasteiger partial charge in [-0.25, -0.2) is 4.90 Å². The molecule has 2 aliphatic heterocycles. The summed E-state index contributed by atoms with van der Waals surface area (Å²) >= 11 is 0. The van der Waals surface area contributed by atoms with Crippen LogP contribution in [0.3, 0.4) is 0 Å². The van der Waals surface area contributed by atoms with E-state index in [1.54, 1.807) is 29.2 Å². The minimum absolute atomic E-state index is 0.0365. The van der Waals surface area contributed by atoms with Gasteiger partial charge in [-0.2, -0.15) is 0 Å². The van der Waals surface area contributed by atoms with E-state index >= 15 is 0 Å². The van der Waals surface area contributed by atoms with E-state index in [0.717, 1.165) is 16.2 Å². The molecule has 0 saturated carbocycles. The SMILES string of the molecule is Cc1ccc(N2C[C@@H](C(=O)OCN3C(=O)c4ccccc4C3=O)CC2=O)cc1. The molecule has 7 heteroatoms. The Morgan fingerprint density at radius 2 is 1.61 bits per heavy atom. The molecule has 2 aliphatic rings. The van der Waals surface area contributed by atoms with Crippen LogP contribution < -0.4 is 4.90 Å². The van der Waals surface area contributed by atoms with Crippen molar-refractivity contribution in [3.8, 4) is 0 Å². The fourth-order valence-electron chi connectivity index (χ4n) is 3.44. The molecule has 0 bridgehead atoms. The van der Waals surface area contributed by atoms with E-state index in [0.29, 0.717) is 11.1 Å². The van der Waals surface area contributed by atoms with Crippen molar-refractivity contribution in [3.63, 3.8) is 0 Å². The molecule has 7 nitrogen and oxygen atoms in total. The largest absolute Gasteiger partial charge is 0.443 e. The van der Waals surface area contributed by atoms with Crippen LogP contribution in [0.4, 0.5) is 5.69 Å². The van der Waals surface area contributed by atoms with Crippen LogP contribution in [0.25, 0.3) is 0 Å². The number of imide groups is 1. The van der Waals surface area contributed by atoms with Crippen LogP contribution in [0.1, 0.15) is 32.7 Å². The van der Waals surface area contributed by atoms with Crippen molar-refractivity contribution < 1.29 is 23.9 Å². The quantitative estimate of drug-likeness (QED) is 0.601. The summed E-state index contributed by atoms with van der Waals surface area (Å²) in [5.41, 5.74) is 2.40. The van der Waals surface area contributed by atoms with Gasteiger partial charge in [0.25, 0.3) is 11.8 Å². The van der Waals surface area contributed by atoms with E-state index in [4.69, 9.17) is 4.74 Å². The normalized spacial score (nSPS) is 18.6. The molecule has 1 atom stereocenters. The van der Waals surface area contributed by atoms with Crippen LogP contribution in [0, 0.1) is 12.8 Å². The summed E-state index contributed by atoms with van der Waals surface area (Å²) in [7, 11) is 0. The predicted octanol–water partition coefficient (Wildman–Crippen LogP) is 2.14. The summed E-state index contributed by atoms with van der Waals surface area (Å²) in [5, 5.41) is 0. The zero-order chi connectivity index (χ0) is 19.8. The maximum absolute atomic E-state index is 12.4. The van der Waals surface area contributed by atoms with Crippen molar-refractivity contribution >= 4 is 29.4 Å². The van der Waals surface area contributed by atoms with Gasteiger partial charge in [0.15, 0.2) is 6.73 Å². The Labute approximate surface area is 161 Å². The first kappa shape index (κ1) is 17.9. The van der Waals surface area contributed by atoms with Gasteiger partial charge in [0.2, 0.25) is 5.91 Å². The highest BCUT2D eigenvalue weighted by Gasteiger charge is 2.39. The maximum atomic E-state index is 12.4. The van der Waals surface area contributed by atoms with Gasteiger partial charge in [0.1, 0.15) is 0 Å². The van der Waals surface area contributed by atoms with Gasteiger partial charge in [-0.3, -0.25) is 19.2 Å². The van der Waals surface area contributed by atoms with Crippen LogP contribution in [-0.2, 0) is 14.3 Å². The molecule has 4 rings (SSSR count). The minimum Gasteiger partial charge on any atom is -0.443 e. The minimum atomic E-state index is -0.635. The Hall–Kier alpha value is -3.48. The van der Waals surface area contributed by atoms with Gasteiger partial charge >= 0.3 is 5.97 Å². The number of hydrogen-bond acceptors (Lipinski definition) is 5. The van der Waals surface area contributed by atoms with E-state index in [9.17, 15) is 19.2 Å². The fraction of sp³-hybridized carbons (Fsp3) is 0.238. The van der Waals surface area contributed by atoms with Crippen molar-refractivity contribution in [2.45, 2.75) is 13.3 Å². The van der Waals surface area contributed by atoms with Crippen LogP contribution >= 0.6 is 0 Å². The molecular weight excluding hydrogens is 360 g/mol. The monoisotopic (exact) mass is 378 g/mol. The smallest absolute Gasteiger partial charge is 0.313 e. The van der Waals surface area contributed by atoms with E-state index in [1.807, 2.05) is 31.2 Å². The molecule has 0 unspecified atom stereocenters. The van der Waals surface area contributed by atoms with Crippen LogP contribution in [0.5, 0.6) is 0 Å². The molecular formula is C21H18N2O5. The Bertz CT molecular complexity index is 948. The van der Waals surface area contributed by atoms with Gasteiger partial charge in [-0.15, -0.1) is 0 Å². The highest BCUT2D eigenvalue weighted by molar-refractivity contribution is 6.21.